The molecular formula is C10H11N5OS. The fraction of sp³-hybridized carbons (Fsp3) is 0.300. The van der Waals surface area contributed by atoms with Crippen molar-refractivity contribution in [2.24, 2.45) is 0 Å². The smallest absolute Gasteiger partial charge is 0.269 e. The van der Waals surface area contributed by atoms with Crippen molar-refractivity contribution < 1.29 is 4.79 Å². The molecule has 0 fully saturated rings. The Morgan fingerprint density at radius 2 is 2.00 bits per heavy atom. The number of anilines is 1. The fourth-order valence-electron chi connectivity index (χ4n) is 1.16. The Balaban J connectivity index is 2.07. The highest BCUT2D eigenvalue weighted by molar-refractivity contribution is 7.07. The maximum absolute atomic E-state index is 11.7. The first-order chi connectivity index (χ1) is 8.16. The Bertz CT molecular complexity index is 494. The molecule has 0 bridgehead atoms. The van der Waals surface area contributed by atoms with E-state index in [0.717, 1.165) is 17.4 Å². The summed E-state index contributed by atoms with van der Waals surface area (Å²) in [6.07, 6.45) is 4.60. The van der Waals surface area contributed by atoms with Crippen molar-refractivity contribution in [2.75, 3.05) is 5.32 Å². The second-order valence-electron chi connectivity index (χ2n) is 3.72. The number of carbonyl (C=O) groups excluding carboxylic acids is 1. The molecule has 88 valence electrons. The third-order valence-electron chi connectivity index (χ3n) is 2.03. The number of amides is 1. The largest absolute Gasteiger partial charge is 0.319 e. The Morgan fingerprint density at radius 1 is 1.29 bits per heavy atom. The zero-order valence-electron chi connectivity index (χ0n) is 9.41. The molecule has 0 atom stereocenters. The molecule has 2 aromatic rings. The van der Waals surface area contributed by atoms with Crippen LogP contribution >= 0.6 is 11.5 Å². The van der Waals surface area contributed by atoms with Crippen LogP contribution in [0.5, 0.6) is 0 Å². The van der Waals surface area contributed by atoms with Gasteiger partial charge in [0.05, 0.1) is 24.3 Å². The van der Waals surface area contributed by atoms with Gasteiger partial charge < -0.3 is 5.32 Å². The standard InChI is InChI=1S/C10H11N5OS/c1-6(2)9-11-3-7(4-12-9)14-10(16)8-5-13-15-17-8/h3-6H,1-2H3,(H,14,16). The third-order valence-corrected chi connectivity index (χ3v) is 2.69. The molecule has 0 saturated carbocycles. The Labute approximate surface area is 102 Å². The van der Waals surface area contributed by atoms with Crippen LogP contribution in [0.1, 0.15) is 35.3 Å². The van der Waals surface area contributed by atoms with Gasteiger partial charge in [0.25, 0.3) is 5.91 Å². The minimum Gasteiger partial charge on any atom is -0.319 e. The van der Waals surface area contributed by atoms with Gasteiger partial charge in [-0.3, -0.25) is 4.79 Å². The summed E-state index contributed by atoms with van der Waals surface area (Å²) < 4.78 is 3.62. The van der Waals surface area contributed by atoms with E-state index >= 15 is 0 Å². The summed E-state index contributed by atoms with van der Waals surface area (Å²) in [6, 6.07) is 0. The van der Waals surface area contributed by atoms with Crippen molar-refractivity contribution in [3.8, 4) is 0 Å². The number of nitrogens with zero attached hydrogens (tertiary/aromatic N) is 4. The molecule has 0 saturated heterocycles. The second kappa shape index (κ2) is 4.96. The minimum absolute atomic E-state index is 0.249. The van der Waals surface area contributed by atoms with Gasteiger partial charge in [-0.25, -0.2) is 9.97 Å². The van der Waals surface area contributed by atoms with Crippen molar-refractivity contribution >= 4 is 23.1 Å². The first-order valence-corrected chi connectivity index (χ1v) is 5.85. The van der Waals surface area contributed by atoms with E-state index in [4.69, 9.17) is 0 Å². The van der Waals surface area contributed by atoms with Crippen molar-refractivity contribution in [1.82, 2.24) is 19.6 Å². The molecule has 2 heterocycles. The van der Waals surface area contributed by atoms with Crippen LogP contribution in [0.15, 0.2) is 18.6 Å². The maximum Gasteiger partial charge on any atom is 0.269 e. The van der Waals surface area contributed by atoms with Crippen LogP contribution in [0.3, 0.4) is 0 Å². The molecule has 0 aromatic carbocycles. The van der Waals surface area contributed by atoms with Gasteiger partial charge in [0, 0.05) is 5.92 Å². The molecule has 1 N–H and O–H groups in total. The fourth-order valence-corrected chi connectivity index (χ4v) is 1.57. The molecule has 0 aliphatic carbocycles. The topological polar surface area (TPSA) is 80.7 Å². The van der Waals surface area contributed by atoms with Crippen LogP contribution in [-0.4, -0.2) is 25.5 Å². The number of hydrogen-bond donors (Lipinski definition) is 1. The van der Waals surface area contributed by atoms with Crippen LogP contribution < -0.4 is 5.32 Å². The molecule has 0 spiro atoms. The summed E-state index contributed by atoms with van der Waals surface area (Å²) in [6.45, 7) is 4.02. The lowest BCUT2D eigenvalue weighted by molar-refractivity contribution is 0.103. The number of rotatable bonds is 3. The van der Waals surface area contributed by atoms with E-state index in [-0.39, 0.29) is 11.8 Å². The molecule has 7 heteroatoms. The van der Waals surface area contributed by atoms with E-state index in [0.29, 0.717) is 10.6 Å². The molecule has 0 unspecified atom stereocenters. The van der Waals surface area contributed by atoms with Crippen LogP contribution in [0, 0.1) is 0 Å². The van der Waals surface area contributed by atoms with Gasteiger partial charge >= 0.3 is 0 Å². The lowest BCUT2D eigenvalue weighted by Gasteiger charge is -2.05. The summed E-state index contributed by atoms with van der Waals surface area (Å²) in [5, 5.41) is 6.28. The Kier molecular flexibility index (Phi) is 3.38. The summed E-state index contributed by atoms with van der Waals surface area (Å²) in [5.41, 5.74) is 0.563. The average Bonchev–Trinajstić information content (AvgIpc) is 2.83. The van der Waals surface area contributed by atoms with E-state index in [2.05, 4.69) is 24.9 Å². The monoisotopic (exact) mass is 249 g/mol. The number of aromatic nitrogens is 4. The lowest BCUT2D eigenvalue weighted by atomic mass is 10.2. The number of carbonyl (C=O) groups is 1. The minimum atomic E-state index is -0.249. The highest BCUT2D eigenvalue weighted by Gasteiger charge is 2.09. The predicted molar refractivity (Wildman–Crippen MR) is 64.0 cm³/mol. The first kappa shape index (κ1) is 11.6. The highest BCUT2D eigenvalue weighted by atomic mass is 32.1. The van der Waals surface area contributed by atoms with E-state index in [1.54, 1.807) is 12.4 Å². The van der Waals surface area contributed by atoms with Gasteiger partial charge in [-0.05, 0) is 11.5 Å². The van der Waals surface area contributed by atoms with Gasteiger partial charge in [-0.1, -0.05) is 18.3 Å². The summed E-state index contributed by atoms with van der Waals surface area (Å²) in [5.74, 6) is 0.772. The van der Waals surface area contributed by atoms with Crippen LogP contribution in [-0.2, 0) is 0 Å². The van der Waals surface area contributed by atoms with Gasteiger partial charge in [0.1, 0.15) is 10.7 Å². The molecule has 6 nitrogen and oxygen atoms in total. The third kappa shape index (κ3) is 2.82. The Morgan fingerprint density at radius 3 is 2.53 bits per heavy atom. The zero-order valence-corrected chi connectivity index (χ0v) is 10.2. The van der Waals surface area contributed by atoms with E-state index in [1.807, 2.05) is 13.8 Å². The lowest BCUT2D eigenvalue weighted by Crippen LogP contribution is -2.11. The van der Waals surface area contributed by atoms with E-state index in [9.17, 15) is 4.79 Å². The molecule has 0 aliphatic heterocycles. The first-order valence-electron chi connectivity index (χ1n) is 5.07. The van der Waals surface area contributed by atoms with Crippen LogP contribution in [0.4, 0.5) is 5.69 Å². The normalized spacial score (nSPS) is 10.5. The molecule has 2 rings (SSSR count). The second-order valence-corrected chi connectivity index (χ2v) is 4.51. The van der Waals surface area contributed by atoms with E-state index < -0.39 is 0 Å². The molecule has 1 amide bonds. The average molecular weight is 249 g/mol. The van der Waals surface area contributed by atoms with Gasteiger partial charge in [-0.2, -0.15) is 0 Å². The molecule has 0 radical (unpaired) electrons. The summed E-state index contributed by atoms with van der Waals surface area (Å²) >= 11 is 1.04. The van der Waals surface area contributed by atoms with Crippen molar-refractivity contribution in [3.05, 3.63) is 29.3 Å². The van der Waals surface area contributed by atoms with Crippen molar-refractivity contribution in [1.29, 1.82) is 0 Å². The predicted octanol–water partition coefficient (Wildman–Crippen LogP) is 1.70. The van der Waals surface area contributed by atoms with Crippen LogP contribution in [0.25, 0.3) is 0 Å². The number of nitrogens with one attached hydrogen (secondary N) is 1. The summed E-state index contributed by atoms with van der Waals surface area (Å²) in [7, 11) is 0. The van der Waals surface area contributed by atoms with Gasteiger partial charge in [0.2, 0.25) is 0 Å². The molecule has 17 heavy (non-hydrogen) atoms. The zero-order chi connectivity index (χ0) is 12.3. The quantitative estimate of drug-likeness (QED) is 0.895. The highest BCUT2D eigenvalue weighted by Crippen LogP contribution is 2.12. The van der Waals surface area contributed by atoms with Crippen LogP contribution in [0.2, 0.25) is 0 Å². The molecule has 0 aliphatic rings. The van der Waals surface area contributed by atoms with Crippen molar-refractivity contribution in [3.63, 3.8) is 0 Å². The van der Waals surface area contributed by atoms with Gasteiger partial charge in [0.15, 0.2) is 0 Å². The SMILES string of the molecule is CC(C)c1ncc(NC(=O)c2cnns2)cn1. The van der Waals surface area contributed by atoms with Gasteiger partial charge in [-0.15, -0.1) is 5.10 Å². The van der Waals surface area contributed by atoms with E-state index in [1.165, 1.54) is 6.20 Å². The molecular weight excluding hydrogens is 238 g/mol. The molecule has 2 aromatic heterocycles. The number of hydrogen-bond acceptors (Lipinski definition) is 6. The maximum atomic E-state index is 11.7. The summed E-state index contributed by atoms with van der Waals surface area (Å²) in [4.78, 5) is 20.4. The Hall–Kier alpha value is -1.89. The van der Waals surface area contributed by atoms with Crippen molar-refractivity contribution in [2.45, 2.75) is 19.8 Å².